The molecule has 7 atom stereocenters. The third-order valence-corrected chi connectivity index (χ3v) is 6.44. The molecule has 20 heavy (non-hydrogen) atoms. The Morgan fingerprint density at radius 2 is 1.80 bits per heavy atom. The number of hydrogen-bond acceptors (Lipinski definition) is 5. The van der Waals surface area contributed by atoms with Gasteiger partial charge in [0.2, 0.25) is 0 Å². The Morgan fingerprint density at radius 3 is 2.40 bits per heavy atom. The molecule has 5 nitrogen and oxygen atoms in total. The average molecular weight is 286 g/mol. The summed E-state index contributed by atoms with van der Waals surface area (Å²) in [6, 6.07) is 0. The lowest BCUT2D eigenvalue weighted by atomic mass is 9.49. The lowest BCUT2D eigenvalue weighted by Crippen LogP contribution is -2.72. The highest BCUT2D eigenvalue weighted by molar-refractivity contribution is 5.23. The second-order valence-electron chi connectivity index (χ2n) is 7.53. The maximum Gasteiger partial charge on any atom is 0.0933 e. The molecule has 2 bridgehead atoms. The van der Waals surface area contributed by atoms with E-state index in [1.807, 2.05) is 13.8 Å². The second-order valence-corrected chi connectivity index (χ2v) is 7.53. The van der Waals surface area contributed by atoms with E-state index in [0.717, 1.165) is 6.42 Å². The molecule has 1 aliphatic heterocycles. The van der Waals surface area contributed by atoms with Gasteiger partial charge in [0.05, 0.1) is 41.5 Å². The van der Waals surface area contributed by atoms with Crippen LogP contribution in [0.4, 0.5) is 0 Å². The smallest absolute Gasteiger partial charge is 0.0933 e. The summed E-state index contributed by atoms with van der Waals surface area (Å²) in [4.78, 5) is 0. The molecule has 3 fully saturated rings. The van der Waals surface area contributed by atoms with E-state index < -0.39 is 34.9 Å². The van der Waals surface area contributed by atoms with Gasteiger partial charge in [-0.2, -0.15) is 0 Å². The Bertz CT molecular complexity index is 411. The molecule has 0 aromatic carbocycles. The van der Waals surface area contributed by atoms with Crippen LogP contribution in [0.5, 0.6) is 0 Å². The van der Waals surface area contributed by atoms with Crippen LogP contribution in [0.25, 0.3) is 0 Å². The van der Waals surface area contributed by atoms with Crippen LogP contribution in [0.2, 0.25) is 0 Å². The van der Waals surface area contributed by atoms with Gasteiger partial charge in [0, 0.05) is 5.92 Å². The minimum atomic E-state index is -1.19. The van der Waals surface area contributed by atoms with Crippen LogP contribution in [0.3, 0.4) is 0 Å². The molecule has 1 saturated heterocycles. The maximum absolute atomic E-state index is 10.7. The summed E-state index contributed by atoms with van der Waals surface area (Å²) in [5.41, 5.74) is -2.51. The van der Waals surface area contributed by atoms with E-state index in [9.17, 15) is 20.4 Å². The first kappa shape index (κ1) is 14.7. The number of ether oxygens (including phenoxy) is 1. The number of aliphatic hydroxyl groups is 4. The van der Waals surface area contributed by atoms with Crippen molar-refractivity contribution in [2.75, 3.05) is 6.61 Å². The van der Waals surface area contributed by atoms with Gasteiger partial charge in [0.25, 0.3) is 0 Å². The predicted molar refractivity (Wildman–Crippen MR) is 71.9 cm³/mol. The molecule has 0 radical (unpaired) electrons. The zero-order valence-electron chi connectivity index (χ0n) is 12.4. The van der Waals surface area contributed by atoms with Gasteiger partial charge < -0.3 is 25.2 Å². The van der Waals surface area contributed by atoms with Gasteiger partial charge >= 0.3 is 0 Å². The normalized spacial score (nSPS) is 57.5. The number of fused-ring (bicyclic) bond motifs is 1. The van der Waals surface area contributed by atoms with Gasteiger partial charge in [-0.15, -0.1) is 0 Å². The van der Waals surface area contributed by atoms with Crippen molar-refractivity contribution in [3.05, 3.63) is 0 Å². The fourth-order valence-corrected chi connectivity index (χ4v) is 5.22. The SMILES string of the molecule is C[C@H]1CC[C@@H](O)C2(CO)[C@H](O)[C@H](O)[C@H]3C[C@@]12OC3(C)C. The van der Waals surface area contributed by atoms with Crippen molar-refractivity contribution in [2.24, 2.45) is 17.3 Å². The Hall–Kier alpha value is -0.200. The Kier molecular flexibility index (Phi) is 3.07. The van der Waals surface area contributed by atoms with Gasteiger partial charge in [-0.25, -0.2) is 0 Å². The summed E-state index contributed by atoms with van der Waals surface area (Å²) in [5, 5.41) is 41.7. The maximum atomic E-state index is 10.7. The van der Waals surface area contributed by atoms with E-state index in [-0.39, 0.29) is 18.4 Å². The highest BCUT2D eigenvalue weighted by atomic mass is 16.5. The molecule has 3 rings (SSSR count). The minimum absolute atomic E-state index is 0.129. The van der Waals surface area contributed by atoms with E-state index in [0.29, 0.717) is 12.8 Å². The Labute approximate surface area is 119 Å². The van der Waals surface area contributed by atoms with Crippen molar-refractivity contribution >= 4 is 0 Å². The van der Waals surface area contributed by atoms with Crippen LogP contribution < -0.4 is 0 Å². The molecule has 2 aliphatic carbocycles. The van der Waals surface area contributed by atoms with Crippen molar-refractivity contribution in [2.45, 2.75) is 69.5 Å². The van der Waals surface area contributed by atoms with E-state index in [2.05, 4.69) is 6.92 Å². The highest BCUT2D eigenvalue weighted by Crippen LogP contribution is 2.65. The molecule has 2 saturated carbocycles. The van der Waals surface area contributed by atoms with Crippen molar-refractivity contribution < 1.29 is 25.2 Å². The van der Waals surface area contributed by atoms with Crippen LogP contribution in [0, 0.1) is 17.3 Å². The van der Waals surface area contributed by atoms with E-state index >= 15 is 0 Å². The first-order valence-electron chi connectivity index (χ1n) is 7.58. The third kappa shape index (κ3) is 1.40. The van der Waals surface area contributed by atoms with Crippen LogP contribution in [-0.4, -0.2) is 56.5 Å². The fraction of sp³-hybridized carbons (Fsp3) is 1.00. The summed E-state index contributed by atoms with van der Waals surface area (Å²) in [6.07, 6.45) is -1.10. The summed E-state index contributed by atoms with van der Waals surface area (Å²) in [5.74, 6) is -0.0469. The van der Waals surface area contributed by atoms with Crippen molar-refractivity contribution in [3.63, 3.8) is 0 Å². The summed E-state index contributed by atoms with van der Waals surface area (Å²) < 4.78 is 6.34. The molecule has 0 aromatic rings. The third-order valence-electron chi connectivity index (χ3n) is 6.44. The van der Waals surface area contributed by atoms with Crippen molar-refractivity contribution in [3.8, 4) is 0 Å². The number of hydrogen-bond donors (Lipinski definition) is 4. The molecule has 1 spiro atoms. The molecule has 4 N–H and O–H groups in total. The Morgan fingerprint density at radius 1 is 1.15 bits per heavy atom. The number of aliphatic hydroxyl groups excluding tert-OH is 4. The van der Waals surface area contributed by atoms with Gasteiger partial charge in [0.1, 0.15) is 0 Å². The Balaban J connectivity index is 2.19. The predicted octanol–water partition coefficient (Wildman–Crippen LogP) is 0.0452. The summed E-state index contributed by atoms with van der Waals surface area (Å²) in [7, 11) is 0. The van der Waals surface area contributed by atoms with Gasteiger partial charge in [0.15, 0.2) is 0 Å². The standard InChI is InChI=1S/C15H26O5/c1-8-4-5-10(17)14(7-16)12(19)11(18)9-6-15(8,14)20-13(9,2)3/h8-12,16-19H,4-7H2,1-3H3/t8-,9+,10+,11+,12+,14?,15+/m0/s1. The molecule has 0 aromatic heterocycles. The fourth-order valence-electron chi connectivity index (χ4n) is 5.22. The number of rotatable bonds is 1. The molecule has 0 amide bonds. The molecule has 5 heteroatoms. The quantitative estimate of drug-likeness (QED) is 0.547. The topological polar surface area (TPSA) is 90.2 Å². The van der Waals surface area contributed by atoms with Crippen molar-refractivity contribution in [1.82, 2.24) is 0 Å². The van der Waals surface area contributed by atoms with Gasteiger partial charge in [-0.3, -0.25) is 0 Å². The summed E-state index contributed by atoms with van der Waals surface area (Å²) in [6.45, 7) is 5.52. The first-order chi connectivity index (χ1) is 9.23. The molecular weight excluding hydrogens is 260 g/mol. The second kappa shape index (κ2) is 4.17. The molecule has 116 valence electrons. The van der Waals surface area contributed by atoms with Gasteiger partial charge in [-0.1, -0.05) is 6.92 Å². The van der Waals surface area contributed by atoms with Crippen LogP contribution in [0.1, 0.15) is 40.0 Å². The monoisotopic (exact) mass is 286 g/mol. The zero-order chi connectivity index (χ0) is 14.9. The molecule has 3 aliphatic rings. The van der Waals surface area contributed by atoms with E-state index in [1.54, 1.807) is 0 Å². The minimum Gasteiger partial charge on any atom is -0.395 e. The van der Waals surface area contributed by atoms with E-state index in [4.69, 9.17) is 4.74 Å². The lowest BCUT2D eigenvalue weighted by molar-refractivity contribution is -0.283. The van der Waals surface area contributed by atoms with Crippen LogP contribution >= 0.6 is 0 Å². The van der Waals surface area contributed by atoms with Crippen LogP contribution in [0.15, 0.2) is 0 Å². The molecule has 1 heterocycles. The molecule has 1 unspecified atom stereocenters. The lowest BCUT2D eigenvalue weighted by Gasteiger charge is -2.60. The zero-order valence-corrected chi connectivity index (χ0v) is 12.4. The first-order valence-corrected chi connectivity index (χ1v) is 7.58. The average Bonchev–Trinajstić information content (AvgIpc) is 2.64. The van der Waals surface area contributed by atoms with Crippen molar-refractivity contribution in [1.29, 1.82) is 0 Å². The summed E-state index contributed by atoms with van der Waals surface area (Å²) >= 11 is 0. The van der Waals surface area contributed by atoms with Gasteiger partial charge in [-0.05, 0) is 39.0 Å². The van der Waals surface area contributed by atoms with Crippen LogP contribution in [-0.2, 0) is 4.74 Å². The van der Waals surface area contributed by atoms with E-state index in [1.165, 1.54) is 0 Å². The highest BCUT2D eigenvalue weighted by Gasteiger charge is 2.75. The largest absolute Gasteiger partial charge is 0.395 e. The molecular formula is C15H26O5.